The van der Waals surface area contributed by atoms with Crippen LogP contribution >= 0.6 is 0 Å². The highest BCUT2D eigenvalue weighted by Gasteiger charge is 2.32. The number of amides is 1. The van der Waals surface area contributed by atoms with E-state index in [1.54, 1.807) is 18.7 Å². The number of likely N-dealkylation sites (tertiary alicyclic amines) is 1. The van der Waals surface area contributed by atoms with Crippen LogP contribution in [0.15, 0.2) is 18.2 Å². The number of halogens is 3. The average Bonchev–Trinajstić information content (AvgIpc) is 2.46. The van der Waals surface area contributed by atoms with Crippen LogP contribution in [0.5, 0.6) is 0 Å². The first-order valence-electron chi connectivity index (χ1n) is 7.52. The Kier molecular flexibility index (Phi) is 5.33. The average molecular weight is 331 g/mol. The second-order valence-electron chi connectivity index (χ2n) is 5.74. The number of hydrogen-bond donors (Lipinski definition) is 1. The van der Waals surface area contributed by atoms with Crippen molar-refractivity contribution in [2.75, 3.05) is 18.4 Å². The molecule has 0 bridgehead atoms. The van der Waals surface area contributed by atoms with Gasteiger partial charge in [0.15, 0.2) is 0 Å². The first-order valence-corrected chi connectivity index (χ1v) is 7.52. The third-order valence-electron chi connectivity index (χ3n) is 3.48. The zero-order valence-electron chi connectivity index (χ0n) is 13.1. The standard InChI is InChI=1S/C15H20F3N3O2/c1-10(2)23-14(22)21-8-6-11(7-9-21)19-13-5-3-4-12(20-13)15(16,17)18/h3-5,10-11H,6-9H2,1-2H3,(H,19,20). The number of ether oxygens (including phenoxy) is 1. The molecular formula is C15H20F3N3O2. The van der Waals surface area contributed by atoms with Gasteiger partial charge in [-0.3, -0.25) is 0 Å². The molecule has 1 fully saturated rings. The Hall–Kier alpha value is -1.99. The number of rotatable bonds is 3. The van der Waals surface area contributed by atoms with Crippen LogP contribution in [0.1, 0.15) is 32.4 Å². The number of alkyl halides is 3. The highest BCUT2D eigenvalue weighted by Crippen LogP contribution is 2.28. The smallest absolute Gasteiger partial charge is 0.433 e. The van der Waals surface area contributed by atoms with Crippen LogP contribution in [0, 0.1) is 0 Å². The van der Waals surface area contributed by atoms with Gasteiger partial charge in [-0.2, -0.15) is 13.2 Å². The van der Waals surface area contributed by atoms with Crippen molar-refractivity contribution >= 4 is 11.9 Å². The van der Waals surface area contributed by atoms with Gasteiger partial charge in [-0.25, -0.2) is 9.78 Å². The zero-order valence-corrected chi connectivity index (χ0v) is 13.1. The van der Waals surface area contributed by atoms with Crippen molar-refractivity contribution in [2.45, 2.75) is 45.0 Å². The topological polar surface area (TPSA) is 54.5 Å². The molecule has 128 valence electrons. The largest absolute Gasteiger partial charge is 0.447 e. The van der Waals surface area contributed by atoms with Gasteiger partial charge < -0.3 is 15.0 Å². The lowest BCUT2D eigenvalue weighted by atomic mass is 10.1. The molecule has 2 rings (SSSR count). The molecule has 0 saturated carbocycles. The molecule has 0 spiro atoms. The van der Waals surface area contributed by atoms with Crippen LogP contribution in [0.4, 0.5) is 23.8 Å². The summed E-state index contributed by atoms with van der Waals surface area (Å²) in [4.78, 5) is 17.0. The maximum atomic E-state index is 12.6. The molecule has 1 aliphatic heterocycles. The minimum absolute atomic E-state index is 0.0194. The lowest BCUT2D eigenvalue weighted by Gasteiger charge is -2.32. The van der Waals surface area contributed by atoms with Crippen LogP contribution in [0.25, 0.3) is 0 Å². The third kappa shape index (κ3) is 5.01. The quantitative estimate of drug-likeness (QED) is 0.921. The number of piperidine rings is 1. The van der Waals surface area contributed by atoms with Crippen LogP contribution in [-0.4, -0.2) is 41.2 Å². The van der Waals surface area contributed by atoms with E-state index in [2.05, 4.69) is 10.3 Å². The van der Waals surface area contributed by atoms with E-state index in [9.17, 15) is 18.0 Å². The molecule has 1 aliphatic rings. The highest BCUT2D eigenvalue weighted by molar-refractivity contribution is 5.67. The molecule has 1 N–H and O–H groups in total. The fourth-order valence-electron chi connectivity index (χ4n) is 2.36. The third-order valence-corrected chi connectivity index (χ3v) is 3.48. The monoisotopic (exact) mass is 331 g/mol. The zero-order chi connectivity index (χ0) is 17.0. The van der Waals surface area contributed by atoms with E-state index in [4.69, 9.17) is 4.74 Å². The predicted molar refractivity (Wildman–Crippen MR) is 79.1 cm³/mol. The molecular weight excluding hydrogens is 311 g/mol. The van der Waals surface area contributed by atoms with Gasteiger partial charge >= 0.3 is 12.3 Å². The predicted octanol–water partition coefficient (Wildman–Crippen LogP) is 3.52. The normalized spacial score (nSPS) is 16.5. The summed E-state index contributed by atoms with van der Waals surface area (Å²) in [5.41, 5.74) is -0.916. The number of pyridine rings is 1. The number of nitrogens with zero attached hydrogens (tertiary/aromatic N) is 2. The lowest BCUT2D eigenvalue weighted by Crippen LogP contribution is -2.43. The molecule has 1 amide bonds. The molecule has 1 aromatic rings. The fourth-order valence-corrected chi connectivity index (χ4v) is 2.36. The number of carbonyl (C=O) groups excluding carboxylic acids is 1. The molecule has 0 aliphatic carbocycles. The molecule has 2 heterocycles. The maximum absolute atomic E-state index is 12.6. The maximum Gasteiger partial charge on any atom is 0.433 e. The van der Waals surface area contributed by atoms with E-state index in [0.717, 1.165) is 6.07 Å². The van der Waals surface area contributed by atoms with Crippen LogP contribution in [0.3, 0.4) is 0 Å². The van der Waals surface area contributed by atoms with Crippen LogP contribution in [0.2, 0.25) is 0 Å². The summed E-state index contributed by atoms with van der Waals surface area (Å²) in [6, 6.07) is 3.76. The van der Waals surface area contributed by atoms with Gasteiger partial charge in [0, 0.05) is 19.1 Å². The Labute approximate surface area is 132 Å². The second kappa shape index (κ2) is 7.06. The second-order valence-corrected chi connectivity index (χ2v) is 5.74. The number of hydrogen-bond acceptors (Lipinski definition) is 4. The van der Waals surface area contributed by atoms with E-state index < -0.39 is 11.9 Å². The van der Waals surface area contributed by atoms with Crippen LogP contribution in [-0.2, 0) is 10.9 Å². The number of aromatic nitrogens is 1. The molecule has 0 unspecified atom stereocenters. The minimum Gasteiger partial charge on any atom is -0.447 e. The summed E-state index contributed by atoms with van der Waals surface area (Å²) < 4.78 is 43.1. The van der Waals surface area contributed by atoms with Gasteiger partial charge in [0.25, 0.3) is 0 Å². The van der Waals surface area contributed by atoms with Crippen molar-refractivity contribution in [3.8, 4) is 0 Å². The molecule has 1 saturated heterocycles. The SMILES string of the molecule is CC(C)OC(=O)N1CCC(Nc2cccc(C(F)(F)F)n2)CC1. The lowest BCUT2D eigenvalue weighted by molar-refractivity contribution is -0.141. The summed E-state index contributed by atoms with van der Waals surface area (Å²) in [6.45, 7) is 4.57. The Morgan fingerprint density at radius 2 is 2.00 bits per heavy atom. The van der Waals surface area contributed by atoms with Crippen molar-refractivity contribution in [1.29, 1.82) is 0 Å². The summed E-state index contributed by atoms with van der Waals surface area (Å²) >= 11 is 0. The van der Waals surface area contributed by atoms with E-state index in [-0.39, 0.29) is 24.1 Å². The Morgan fingerprint density at radius 3 is 2.57 bits per heavy atom. The summed E-state index contributed by atoms with van der Waals surface area (Å²) in [5, 5.41) is 3.00. The molecule has 5 nitrogen and oxygen atoms in total. The van der Waals surface area contributed by atoms with Gasteiger partial charge in [-0.15, -0.1) is 0 Å². The van der Waals surface area contributed by atoms with E-state index in [1.807, 2.05) is 0 Å². The van der Waals surface area contributed by atoms with Crippen molar-refractivity contribution in [3.63, 3.8) is 0 Å². The molecule has 23 heavy (non-hydrogen) atoms. The fraction of sp³-hybridized carbons (Fsp3) is 0.600. The first-order chi connectivity index (χ1) is 10.8. The van der Waals surface area contributed by atoms with Gasteiger partial charge in [-0.1, -0.05) is 6.07 Å². The first kappa shape index (κ1) is 17.4. The summed E-state index contributed by atoms with van der Waals surface area (Å²) in [6.07, 6.45) is -3.72. The van der Waals surface area contributed by atoms with Gasteiger partial charge in [-0.05, 0) is 38.8 Å². The van der Waals surface area contributed by atoms with Gasteiger partial charge in [0.05, 0.1) is 6.10 Å². The molecule has 0 aromatic carbocycles. The Morgan fingerprint density at radius 1 is 1.35 bits per heavy atom. The summed E-state index contributed by atoms with van der Waals surface area (Å²) in [7, 11) is 0. The Balaban J connectivity index is 1.88. The Bertz CT molecular complexity index is 541. The van der Waals surface area contributed by atoms with Crippen molar-refractivity contribution in [1.82, 2.24) is 9.88 Å². The van der Waals surface area contributed by atoms with E-state index >= 15 is 0 Å². The molecule has 8 heteroatoms. The molecule has 0 atom stereocenters. The van der Waals surface area contributed by atoms with Crippen molar-refractivity contribution in [2.24, 2.45) is 0 Å². The summed E-state index contributed by atoms with van der Waals surface area (Å²) in [5.74, 6) is 0.197. The number of nitrogens with one attached hydrogen (secondary N) is 1. The van der Waals surface area contributed by atoms with Gasteiger partial charge in [0.2, 0.25) is 0 Å². The van der Waals surface area contributed by atoms with E-state index in [0.29, 0.717) is 25.9 Å². The van der Waals surface area contributed by atoms with Gasteiger partial charge in [0.1, 0.15) is 11.5 Å². The highest BCUT2D eigenvalue weighted by atomic mass is 19.4. The van der Waals surface area contributed by atoms with Crippen molar-refractivity contribution in [3.05, 3.63) is 23.9 Å². The van der Waals surface area contributed by atoms with Crippen LogP contribution < -0.4 is 5.32 Å². The number of anilines is 1. The molecule has 1 aromatic heterocycles. The molecule has 0 radical (unpaired) electrons. The number of carbonyl (C=O) groups is 1. The van der Waals surface area contributed by atoms with Crippen molar-refractivity contribution < 1.29 is 22.7 Å². The minimum atomic E-state index is -4.46. The van der Waals surface area contributed by atoms with E-state index in [1.165, 1.54) is 12.1 Å².